The summed E-state index contributed by atoms with van der Waals surface area (Å²) >= 11 is 0. The topological polar surface area (TPSA) is 12.5 Å². The molecule has 1 rings (SSSR count). The molecule has 1 fully saturated rings. The summed E-state index contributed by atoms with van der Waals surface area (Å²) in [6, 6.07) is 0. The van der Waals surface area contributed by atoms with Crippen LogP contribution in [-0.2, 0) is 4.84 Å². The molecule has 48 valence electrons. The van der Waals surface area contributed by atoms with Gasteiger partial charge in [0.25, 0.3) is 0 Å². The molecule has 0 spiro atoms. The van der Waals surface area contributed by atoms with Crippen molar-refractivity contribution in [3.63, 3.8) is 0 Å². The van der Waals surface area contributed by atoms with Gasteiger partial charge >= 0.3 is 0 Å². The number of piperidine rings is 1. The molecule has 1 saturated heterocycles. The van der Waals surface area contributed by atoms with Gasteiger partial charge in [-0.2, -0.15) is 0 Å². The van der Waals surface area contributed by atoms with E-state index >= 15 is 0 Å². The van der Waals surface area contributed by atoms with Crippen molar-refractivity contribution in [2.45, 2.75) is 19.3 Å². The maximum Gasteiger partial charge on any atom is 0.0209 e. The molecular formula is C6H12NO-. The summed E-state index contributed by atoms with van der Waals surface area (Å²) in [4.78, 5) is 4.77. The zero-order valence-corrected chi connectivity index (χ0v) is 5.10. The Hall–Kier alpha value is -0.0800. The molecule has 0 aliphatic carbocycles. The number of hydrogen-bond acceptors (Lipinski definition) is 2. The minimum Gasteiger partial charge on any atom is -0.476 e. The van der Waals surface area contributed by atoms with E-state index in [4.69, 9.17) is 4.84 Å². The van der Waals surface area contributed by atoms with Crippen molar-refractivity contribution in [3.05, 3.63) is 7.11 Å². The molecule has 0 bridgehead atoms. The van der Waals surface area contributed by atoms with Gasteiger partial charge in [0.1, 0.15) is 0 Å². The molecule has 0 radical (unpaired) electrons. The summed E-state index contributed by atoms with van der Waals surface area (Å²) < 4.78 is 0. The molecule has 1 aliphatic rings. The standard InChI is InChI=1S/C6H12NO/c1-8-7-5-3-2-4-6-7/h1-6H2/q-1. The quantitative estimate of drug-likeness (QED) is 0.475. The molecule has 0 aromatic heterocycles. The van der Waals surface area contributed by atoms with Gasteiger partial charge < -0.3 is 4.84 Å². The van der Waals surface area contributed by atoms with Crippen molar-refractivity contribution >= 4 is 0 Å². The molecule has 0 N–H and O–H groups in total. The van der Waals surface area contributed by atoms with Crippen LogP contribution in [-0.4, -0.2) is 18.2 Å². The molecule has 0 unspecified atom stereocenters. The van der Waals surface area contributed by atoms with E-state index in [-0.39, 0.29) is 0 Å². The normalized spacial score (nSPS) is 23.6. The number of nitrogens with zero attached hydrogens (tertiary/aromatic N) is 1. The van der Waals surface area contributed by atoms with Crippen LogP contribution in [0.25, 0.3) is 0 Å². The van der Waals surface area contributed by atoms with Gasteiger partial charge in [-0.25, -0.2) is 12.2 Å². The molecule has 0 atom stereocenters. The number of hydrogen-bond donors (Lipinski definition) is 0. The van der Waals surface area contributed by atoms with E-state index in [9.17, 15) is 0 Å². The highest BCUT2D eigenvalue weighted by atomic mass is 16.7. The second-order valence-corrected chi connectivity index (χ2v) is 2.12. The highest BCUT2D eigenvalue weighted by molar-refractivity contribution is 4.55. The average molecular weight is 114 g/mol. The van der Waals surface area contributed by atoms with Crippen molar-refractivity contribution < 1.29 is 4.84 Å². The fourth-order valence-corrected chi connectivity index (χ4v) is 0.994. The van der Waals surface area contributed by atoms with Crippen LogP contribution in [0, 0.1) is 7.11 Å². The predicted molar refractivity (Wildman–Crippen MR) is 31.9 cm³/mol. The summed E-state index contributed by atoms with van der Waals surface area (Å²) in [6.07, 6.45) is 3.87. The smallest absolute Gasteiger partial charge is 0.0209 e. The minimum atomic E-state index is 1.06. The largest absolute Gasteiger partial charge is 0.476 e. The molecule has 0 aromatic rings. The van der Waals surface area contributed by atoms with E-state index in [0.29, 0.717) is 0 Å². The monoisotopic (exact) mass is 114 g/mol. The molecule has 1 aliphatic heterocycles. The van der Waals surface area contributed by atoms with Gasteiger partial charge in [-0.05, 0) is 12.8 Å². The van der Waals surface area contributed by atoms with Gasteiger partial charge in [0.05, 0.1) is 0 Å². The number of hydroxylamine groups is 2. The molecule has 2 heteroatoms. The maximum atomic E-state index is 4.77. The third-order valence-electron chi connectivity index (χ3n) is 1.50. The van der Waals surface area contributed by atoms with E-state index in [1.165, 1.54) is 19.3 Å². The third kappa shape index (κ3) is 1.46. The fourth-order valence-electron chi connectivity index (χ4n) is 0.994. The zero-order valence-electron chi connectivity index (χ0n) is 5.10. The first-order valence-corrected chi connectivity index (χ1v) is 3.10. The number of rotatable bonds is 1. The lowest BCUT2D eigenvalue weighted by atomic mass is 10.2. The van der Waals surface area contributed by atoms with E-state index in [2.05, 4.69) is 7.11 Å². The van der Waals surface area contributed by atoms with E-state index in [1.807, 2.05) is 5.06 Å². The lowest BCUT2D eigenvalue weighted by Crippen LogP contribution is -2.27. The first-order chi connectivity index (χ1) is 3.93. The summed E-state index contributed by atoms with van der Waals surface area (Å²) in [5.74, 6) is 0. The first kappa shape index (κ1) is 6.05. The summed E-state index contributed by atoms with van der Waals surface area (Å²) in [7, 11) is 3.34. The zero-order chi connectivity index (χ0) is 5.82. The van der Waals surface area contributed by atoms with E-state index in [1.54, 1.807) is 0 Å². The highest BCUT2D eigenvalue weighted by Gasteiger charge is 2.04. The van der Waals surface area contributed by atoms with Crippen LogP contribution >= 0.6 is 0 Å². The summed E-state index contributed by atoms with van der Waals surface area (Å²) in [5, 5.41) is 1.91. The lowest BCUT2D eigenvalue weighted by molar-refractivity contribution is -0.119. The Morgan fingerprint density at radius 1 is 1.12 bits per heavy atom. The van der Waals surface area contributed by atoms with Gasteiger partial charge in [-0.1, -0.05) is 6.42 Å². The van der Waals surface area contributed by atoms with Crippen LogP contribution in [0.5, 0.6) is 0 Å². The molecule has 2 nitrogen and oxygen atoms in total. The Morgan fingerprint density at radius 3 is 2.12 bits per heavy atom. The van der Waals surface area contributed by atoms with Crippen LogP contribution in [0.3, 0.4) is 0 Å². The van der Waals surface area contributed by atoms with Crippen LogP contribution in [0.4, 0.5) is 0 Å². The Kier molecular flexibility index (Phi) is 2.30. The fraction of sp³-hybridized carbons (Fsp3) is 0.833. The molecular weight excluding hydrogens is 102 g/mol. The first-order valence-electron chi connectivity index (χ1n) is 3.10. The van der Waals surface area contributed by atoms with Crippen LogP contribution in [0.1, 0.15) is 19.3 Å². The Bertz CT molecular complexity index is 59.5. The molecule has 8 heavy (non-hydrogen) atoms. The summed E-state index contributed by atoms with van der Waals surface area (Å²) in [6.45, 7) is 2.12. The van der Waals surface area contributed by atoms with E-state index in [0.717, 1.165) is 13.1 Å². The lowest BCUT2D eigenvalue weighted by Gasteiger charge is -2.27. The molecule has 0 amide bonds. The van der Waals surface area contributed by atoms with Crippen LogP contribution in [0.15, 0.2) is 0 Å². The SMILES string of the molecule is [CH2-]ON1CCCCC1. The van der Waals surface area contributed by atoms with Crippen molar-refractivity contribution in [2.24, 2.45) is 0 Å². The van der Waals surface area contributed by atoms with Gasteiger partial charge in [0, 0.05) is 13.1 Å². The average Bonchev–Trinajstić information content (AvgIpc) is 1.90. The molecule has 0 aromatic carbocycles. The van der Waals surface area contributed by atoms with Crippen molar-refractivity contribution in [1.29, 1.82) is 0 Å². The van der Waals surface area contributed by atoms with Crippen molar-refractivity contribution in [2.75, 3.05) is 13.1 Å². The molecule has 1 heterocycles. The minimum absolute atomic E-state index is 1.06. The van der Waals surface area contributed by atoms with Gasteiger partial charge in [-0.3, -0.25) is 0 Å². The second-order valence-electron chi connectivity index (χ2n) is 2.12. The second kappa shape index (κ2) is 3.05. The Labute approximate surface area is 50.4 Å². The van der Waals surface area contributed by atoms with Crippen LogP contribution < -0.4 is 0 Å². The van der Waals surface area contributed by atoms with Gasteiger partial charge in [0.2, 0.25) is 0 Å². The van der Waals surface area contributed by atoms with Gasteiger partial charge in [-0.15, -0.1) is 0 Å². The van der Waals surface area contributed by atoms with Crippen LogP contribution in [0.2, 0.25) is 0 Å². The van der Waals surface area contributed by atoms with E-state index < -0.39 is 0 Å². The molecule has 0 saturated carbocycles. The van der Waals surface area contributed by atoms with Crippen molar-refractivity contribution in [1.82, 2.24) is 5.06 Å². The highest BCUT2D eigenvalue weighted by Crippen LogP contribution is 2.07. The third-order valence-corrected chi connectivity index (χ3v) is 1.50. The Morgan fingerprint density at radius 2 is 1.75 bits per heavy atom. The van der Waals surface area contributed by atoms with Crippen molar-refractivity contribution in [3.8, 4) is 0 Å². The summed E-state index contributed by atoms with van der Waals surface area (Å²) in [5.41, 5.74) is 0. The maximum absolute atomic E-state index is 4.77. The van der Waals surface area contributed by atoms with Gasteiger partial charge in [0.15, 0.2) is 0 Å². The Balaban J connectivity index is 2.13. The predicted octanol–water partition coefficient (Wildman–Crippen LogP) is 1.20.